The van der Waals surface area contributed by atoms with Crippen molar-refractivity contribution in [2.75, 3.05) is 21.3 Å². The Kier molecular flexibility index (Phi) is 5.88. The van der Waals surface area contributed by atoms with Crippen molar-refractivity contribution >= 4 is 0 Å². The normalized spacial score (nSPS) is 11.9. The number of hydrogen-bond acceptors (Lipinski definition) is 4. The lowest BCUT2D eigenvalue weighted by Gasteiger charge is -2.16. The van der Waals surface area contributed by atoms with Crippen molar-refractivity contribution < 1.29 is 14.2 Å². The molecule has 2 aromatic carbocycles. The van der Waals surface area contributed by atoms with Crippen LogP contribution in [0.4, 0.5) is 0 Å². The zero-order valence-electron chi connectivity index (χ0n) is 14.3. The van der Waals surface area contributed by atoms with E-state index in [-0.39, 0.29) is 6.04 Å². The minimum Gasteiger partial charge on any atom is -0.493 e. The largest absolute Gasteiger partial charge is 0.493 e. The Hall–Kier alpha value is -2.20. The number of rotatable bonds is 7. The summed E-state index contributed by atoms with van der Waals surface area (Å²) in [6.07, 6.45) is 1.92. The maximum absolute atomic E-state index is 5.85. The summed E-state index contributed by atoms with van der Waals surface area (Å²) in [5, 5.41) is 0. The molecule has 2 rings (SSSR count). The van der Waals surface area contributed by atoms with Crippen molar-refractivity contribution in [3.05, 3.63) is 42.0 Å². The van der Waals surface area contributed by atoms with Gasteiger partial charge in [0, 0.05) is 11.6 Å². The van der Waals surface area contributed by atoms with Gasteiger partial charge in [0.15, 0.2) is 11.5 Å². The molecule has 0 radical (unpaired) electrons. The van der Waals surface area contributed by atoms with Gasteiger partial charge in [-0.1, -0.05) is 24.3 Å². The van der Waals surface area contributed by atoms with E-state index in [1.165, 1.54) is 5.56 Å². The number of benzene rings is 2. The van der Waals surface area contributed by atoms with E-state index in [0.717, 1.165) is 24.0 Å². The summed E-state index contributed by atoms with van der Waals surface area (Å²) in [5.74, 6) is 1.94. The summed E-state index contributed by atoms with van der Waals surface area (Å²) in [5.41, 5.74) is 9.18. The number of hydrogen-bond donors (Lipinski definition) is 1. The van der Waals surface area contributed by atoms with Crippen LogP contribution in [0.2, 0.25) is 0 Å². The van der Waals surface area contributed by atoms with Crippen LogP contribution in [0.25, 0.3) is 11.1 Å². The van der Waals surface area contributed by atoms with Gasteiger partial charge in [0.1, 0.15) is 0 Å². The van der Waals surface area contributed by atoms with Crippen LogP contribution in [0.3, 0.4) is 0 Å². The fourth-order valence-corrected chi connectivity index (χ4v) is 2.62. The Morgan fingerprint density at radius 3 is 2.30 bits per heavy atom. The molecule has 0 amide bonds. The van der Waals surface area contributed by atoms with Gasteiger partial charge in [-0.2, -0.15) is 0 Å². The van der Waals surface area contributed by atoms with Crippen molar-refractivity contribution in [2.45, 2.75) is 25.8 Å². The van der Waals surface area contributed by atoms with Gasteiger partial charge in [-0.15, -0.1) is 0 Å². The van der Waals surface area contributed by atoms with Crippen LogP contribution in [0.15, 0.2) is 36.4 Å². The lowest BCUT2D eigenvalue weighted by Crippen LogP contribution is -2.15. The predicted molar refractivity (Wildman–Crippen MR) is 93.5 cm³/mol. The molecule has 0 heterocycles. The van der Waals surface area contributed by atoms with Gasteiger partial charge in [0.05, 0.1) is 21.3 Å². The van der Waals surface area contributed by atoms with Crippen LogP contribution in [-0.2, 0) is 6.42 Å². The fourth-order valence-electron chi connectivity index (χ4n) is 2.62. The second-order valence-corrected chi connectivity index (χ2v) is 5.60. The van der Waals surface area contributed by atoms with Gasteiger partial charge >= 0.3 is 0 Å². The molecule has 0 aromatic heterocycles. The molecule has 1 atom stereocenters. The summed E-state index contributed by atoms with van der Waals surface area (Å²) in [6, 6.07) is 12.5. The second-order valence-electron chi connectivity index (χ2n) is 5.60. The number of nitrogens with two attached hydrogens (primary N) is 1. The molecule has 0 fully saturated rings. The molecule has 23 heavy (non-hydrogen) atoms. The molecule has 2 aromatic rings. The van der Waals surface area contributed by atoms with E-state index in [1.54, 1.807) is 21.3 Å². The van der Waals surface area contributed by atoms with Crippen LogP contribution < -0.4 is 19.9 Å². The zero-order valence-corrected chi connectivity index (χ0v) is 14.3. The fraction of sp³-hybridized carbons (Fsp3) is 0.368. The Morgan fingerprint density at radius 1 is 0.957 bits per heavy atom. The molecule has 1 unspecified atom stereocenters. The quantitative estimate of drug-likeness (QED) is 0.847. The minimum atomic E-state index is 0.203. The highest BCUT2D eigenvalue weighted by molar-refractivity contribution is 5.76. The molecule has 4 nitrogen and oxygen atoms in total. The van der Waals surface area contributed by atoms with Gasteiger partial charge in [-0.25, -0.2) is 0 Å². The summed E-state index contributed by atoms with van der Waals surface area (Å²) >= 11 is 0. The third-order valence-electron chi connectivity index (χ3n) is 3.83. The molecule has 4 heteroatoms. The third-order valence-corrected chi connectivity index (χ3v) is 3.83. The highest BCUT2D eigenvalue weighted by atomic mass is 16.5. The molecule has 0 aliphatic rings. The Balaban J connectivity index is 2.43. The predicted octanol–water partition coefficient (Wildman–Crippen LogP) is 3.66. The van der Waals surface area contributed by atoms with Crippen LogP contribution in [0.5, 0.6) is 17.2 Å². The van der Waals surface area contributed by atoms with Crippen molar-refractivity contribution in [3.63, 3.8) is 0 Å². The van der Waals surface area contributed by atoms with E-state index in [4.69, 9.17) is 19.9 Å². The Labute approximate surface area is 138 Å². The zero-order chi connectivity index (χ0) is 16.8. The SMILES string of the molecule is COc1ccc(-c2cccc(CCC(C)N)c2)c(OC)c1OC. The van der Waals surface area contributed by atoms with Crippen LogP contribution in [0.1, 0.15) is 18.9 Å². The van der Waals surface area contributed by atoms with E-state index in [2.05, 4.69) is 24.3 Å². The summed E-state index contributed by atoms with van der Waals surface area (Å²) < 4.78 is 16.4. The van der Waals surface area contributed by atoms with Gasteiger partial charge in [0.25, 0.3) is 0 Å². The maximum atomic E-state index is 5.85. The minimum absolute atomic E-state index is 0.203. The molecule has 0 aliphatic heterocycles. The maximum Gasteiger partial charge on any atom is 0.203 e. The topological polar surface area (TPSA) is 53.7 Å². The first kappa shape index (κ1) is 17.2. The lowest BCUT2D eigenvalue weighted by molar-refractivity contribution is 0.325. The standard InChI is InChI=1S/C19H25NO3/c1-13(20)8-9-14-6-5-7-15(12-14)16-10-11-17(21-2)19(23-4)18(16)22-3/h5-7,10-13H,8-9,20H2,1-4H3. The molecule has 0 bridgehead atoms. The molecule has 0 spiro atoms. The first-order valence-electron chi connectivity index (χ1n) is 7.74. The average Bonchev–Trinajstić information content (AvgIpc) is 2.58. The summed E-state index contributed by atoms with van der Waals surface area (Å²) in [6.45, 7) is 2.03. The number of ether oxygens (including phenoxy) is 3. The van der Waals surface area contributed by atoms with Crippen LogP contribution >= 0.6 is 0 Å². The van der Waals surface area contributed by atoms with Gasteiger partial charge in [-0.05, 0) is 43.0 Å². The first-order valence-corrected chi connectivity index (χ1v) is 7.74. The van der Waals surface area contributed by atoms with E-state index in [0.29, 0.717) is 17.2 Å². The summed E-state index contributed by atoms with van der Waals surface area (Å²) in [7, 11) is 4.87. The summed E-state index contributed by atoms with van der Waals surface area (Å²) in [4.78, 5) is 0. The van der Waals surface area contributed by atoms with Crippen LogP contribution in [-0.4, -0.2) is 27.4 Å². The van der Waals surface area contributed by atoms with Gasteiger partial charge < -0.3 is 19.9 Å². The van der Waals surface area contributed by atoms with Gasteiger partial charge in [-0.3, -0.25) is 0 Å². The third kappa shape index (κ3) is 3.96. The molecule has 124 valence electrons. The van der Waals surface area contributed by atoms with Crippen molar-refractivity contribution in [2.24, 2.45) is 5.73 Å². The van der Waals surface area contributed by atoms with E-state index in [9.17, 15) is 0 Å². The van der Waals surface area contributed by atoms with Crippen LogP contribution in [0, 0.1) is 0 Å². The van der Waals surface area contributed by atoms with Gasteiger partial charge in [0.2, 0.25) is 5.75 Å². The lowest BCUT2D eigenvalue weighted by atomic mass is 9.98. The van der Waals surface area contributed by atoms with Crippen molar-refractivity contribution in [1.82, 2.24) is 0 Å². The number of aryl methyl sites for hydroxylation is 1. The molecule has 0 aliphatic carbocycles. The smallest absolute Gasteiger partial charge is 0.203 e. The molecule has 2 N–H and O–H groups in total. The first-order chi connectivity index (χ1) is 11.1. The molecule has 0 saturated heterocycles. The van der Waals surface area contributed by atoms with E-state index >= 15 is 0 Å². The van der Waals surface area contributed by atoms with Crippen molar-refractivity contribution in [3.8, 4) is 28.4 Å². The highest BCUT2D eigenvalue weighted by Crippen LogP contribution is 2.44. The highest BCUT2D eigenvalue weighted by Gasteiger charge is 2.17. The van der Waals surface area contributed by atoms with E-state index in [1.807, 2.05) is 19.1 Å². The second kappa shape index (κ2) is 7.88. The average molecular weight is 315 g/mol. The molecule has 0 saturated carbocycles. The van der Waals surface area contributed by atoms with E-state index < -0.39 is 0 Å². The Morgan fingerprint density at radius 2 is 1.70 bits per heavy atom. The number of methoxy groups -OCH3 is 3. The molecular formula is C19H25NO3. The molecular weight excluding hydrogens is 290 g/mol. The monoisotopic (exact) mass is 315 g/mol. The van der Waals surface area contributed by atoms with Crippen molar-refractivity contribution in [1.29, 1.82) is 0 Å². The Bertz CT molecular complexity index is 653.